The van der Waals surface area contributed by atoms with Crippen LogP contribution in [0.4, 0.5) is 27.5 Å². The van der Waals surface area contributed by atoms with Gasteiger partial charge in [0.15, 0.2) is 5.71 Å². The van der Waals surface area contributed by atoms with Gasteiger partial charge in [0.2, 0.25) is 11.4 Å². The van der Waals surface area contributed by atoms with Gasteiger partial charge in [0.05, 0.1) is 10.3 Å². The molecule has 0 saturated carbocycles. The largest absolute Gasteiger partial charge is 0.417 e. The van der Waals surface area contributed by atoms with Crippen LogP contribution in [0.5, 0.6) is 5.75 Å². The monoisotopic (exact) mass is 582 g/mol. The van der Waals surface area contributed by atoms with Crippen LogP contribution in [-0.4, -0.2) is 38.9 Å². The molecule has 42 heavy (non-hydrogen) atoms. The molecule has 0 radical (unpaired) electrons. The Labute approximate surface area is 246 Å². The van der Waals surface area contributed by atoms with E-state index in [1.54, 1.807) is 24.3 Å². The van der Waals surface area contributed by atoms with Crippen LogP contribution in [0.2, 0.25) is 0 Å². The smallest absolute Gasteiger partial charge is 0.409 e. The summed E-state index contributed by atoms with van der Waals surface area (Å²) in [4.78, 5) is 14.6. The minimum atomic E-state index is -4.38. The number of benzene rings is 4. The summed E-state index contributed by atoms with van der Waals surface area (Å²) < 4.78 is 41.5. The van der Waals surface area contributed by atoms with Crippen LogP contribution in [0.3, 0.4) is 0 Å². The maximum Gasteiger partial charge on any atom is 0.417 e. The fourth-order valence-corrected chi connectivity index (χ4v) is 5.52. The molecule has 4 aromatic rings. The Morgan fingerprint density at radius 1 is 0.905 bits per heavy atom. The Kier molecular flexibility index (Phi) is 7.73. The lowest BCUT2D eigenvalue weighted by Crippen LogP contribution is -2.27. The highest BCUT2D eigenvalue weighted by molar-refractivity contribution is 7.85. The molecule has 0 atom stereocenters. The Balaban J connectivity index is 1.59. The van der Waals surface area contributed by atoms with E-state index in [0.29, 0.717) is 17.0 Å². The van der Waals surface area contributed by atoms with Gasteiger partial charge in [-0.2, -0.15) is 13.0 Å². The van der Waals surface area contributed by atoms with Crippen LogP contribution < -0.4 is 19.5 Å². The molecule has 0 saturated heterocycles. The van der Waals surface area contributed by atoms with Gasteiger partial charge in [0, 0.05) is 66.9 Å². The molecule has 8 nitrogen and oxygen atoms in total. The van der Waals surface area contributed by atoms with Crippen molar-refractivity contribution in [2.24, 2.45) is 0 Å². The van der Waals surface area contributed by atoms with Gasteiger partial charge in [-0.25, -0.2) is 4.79 Å². The molecule has 214 valence electrons. The first kappa shape index (κ1) is 28.8. The first-order valence-corrected chi connectivity index (χ1v) is 14.8. The standard InChI is InChI=1S/C33H31N3O5S/c1-33(2)28-22-27(42(38,39)40)18-19-29(28)36(25-13-9-6-10-14-25)31(33)20-16-23-15-17-26(35(3)4)21-30(23)41-32(37)34-24-11-7-5-8-12-24/h5-22H,1-4H3,(H-,34,37,38,39,40)/p+1. The highest BCUT2D eigenvalue weighted by Crippen LogP contribution is 2.43. The van der Waals surface area contributed by atoms with E-state index in [4.69, 9.17) is 4.74 Å². The molecular weight excluding hydrogens is 550 g/mol. The lowest BCUT2D eigenvalue weighted by Gasteiger charge is -2.17. The van der Waals surface area contributed by atoms with Crippen molar-refractivity contribution < 1.29 is 22.5 Å². The van der Waals surface area contributed by atoms with Gasteiger partial charge in [0.1, 0.15) is 5.75 Å². The van der Waals surface area contributed by atoms with Crippen molar-refractivity contribution in [3.8, 4) is 5.75 Å². The number of nitrogens with zero attached hydrogens (tertiary/aromatic N) is 2. The second-order valence-corrected chi connectivity index (χ2v) is 12.1. The normalized spacial score (nSPS) is 14.1. The van der Waals surface area contributed by atoms with Crippen molar-refractivity contribution in [3.05, 3.63) is 114 Å². The lowest BCUT2D eigenvalue weighted by atomic mass is 9.81. The van der Waals surface area contributed by atoms with E-state index in [9.17, 15) is 17.8 Å². The van der Waals surface area contributed by atoms with Crippen LogP contribution >= 0.6 is 0 Å². The molecule has 2 N–H and O–H groups in total. The minimum Gasteiger partial charge on any atom is -0.409 e. The van der Waals surface area contributed by atoms with E-state index in [2.05, 4.69) is 9.89 Å². The number of carbonyl (C=O) groups is 1. The zero-order valence-electron chi connectivity index (χ0n) is 23.8. The topological polar surface area (TPSA) is 99.0 Å². The van der Waals surface area contributed by atoms with Crippen LogP contribution in [-0.2, 0) is 15.5 Å². The van der Waals surface area contributed by atoms with Crippen molar-refractivity contribution in [2.75, 3.05) is 24.3 Å². The zero-order valence-corrected chi connectivity index (χ0v) is 24.6. The number of ether oxygens (including phenoxy) is 1. The van der Waals surface area contributed by atoms with Crippen molar-refractivity contribution in [1.29, 1.82) is 0 Å². The van der Waals surface area contributed by atoms with Gasteiger partial charge >= 0.3 is 6.09 Å². The first-order chi connectivity index (χ1) is 19.9. The molecule has 0 spiro atoms. The molecule has 0 aliphatic carbocycles. The predicted octanol–water partition coefficient (Wildman–Crippen LogP) is 6.89. The number of nitrogens with one attached hydrogen (secondary N) is 1. The molecule has 0 aromatic heterocycles. The van der Waals surface area contributed by atoms with E-state index in [-0.39, 0.29) is 4.90 Å². The molecule has 9 heteroatoms. The average Bonchev–Trinajstić information content (AvgIpc) is 3.18. The molecule has 0 fully saturated rings. The molecule has 1 amide bonds. The van der Waals surface area contributed by atoms with Crippen LogP contribution in [0, 0.1) is 0 Å². The summed E-state index contributed by atoms with van der Waals surface area (Å²) in [5.74, 6) is 0.375. The zero-order chi connectivity index (χ0) is 30.1. The minimum absolute atomic E-state index is 0.160. The van der Waals surface area contributed by atoms with Crippen molar-refractivity contribution >= 4 is 50.7 Å². The molecule has 0 bridgehead atoms. The Morgan fingerprint density at radius 3 is 2.21 bits per heavy atom. The van der Waals surface area contributed by atoms with Crippen LogP contribution in [0.15, 0.2) is 108 Å². The summed E-state index contributed by atoms with van der Waals surface area (Å²) in [6.45, 7) is 4.00. The van der Waals surface area contributed by atoms with E-state index >= 15 is 0 Å². The molecule has 5 rings (SSSR count). The SMILES string of the molecule is CN(C)c1ccc(/C=C/C2=[N+](c3ccccc3)c3ccc(S(=O)(=O)O)cc3C2(C)C)c(OC(=O)Nc2ccccc2)c1. The third-order valence-electron chi connectivity index (χ3n) is 7.23. The van der Waals surface area contributed by atoms with E-state index in [0.717, 1.165) is 28.3 Å². The van der Waals surface area contributed by atoms with Crippen molar-refractivity contribution in [1.82, 2.24) is 4.58 Å². The number of para-hydroxylation sites is 2. The van der Waals surface area contributed by atoms with Gasteiger partial charge < -0.3 is 9.64 Å². The van der Waals surface area contributed by atoms with Gasteiger partial charge in [-0.05, 0) is 56.3 Å². The number of rotatable bonds is 7. The molecular formula is C33H32N3O5S+. The summed E-state index contributed by atoms with van der Waals surface area (Å²) in [7, 11) is -0.568. The quantitative estimate of drug-likeness (QED) is 0.182. The second-order valence-electron chi connectivity index (χ2n) is 10.7. The molecule has 1 heterocycles. The fourth-order valence-electron chi connectivity index (χ4n) is 5.02. The average molecular weight is 583 g/mol. The molecule has 1 aliphatic heterocycles. The number of carbonyl (C=O) groups excluding carboxylic acids is 1. The third kappa shape index (κ3) is 5.83. The molecule has 0 unspecified atom stereocenters. The fraction of sp³-hybridized carbons (Fsp3) is 0.152. The number of allylic oxidation sites excluding steroid dienone is 1. The van der Waals surface area contributed by atoms with Crippen LogP contribution in [0.25, 0.3) is 6.08 Å². The van der Waals surface area contributed by atoms with Crippen molar-refractivity contribution in [2.45, 2.75) is 24.2 Å². The Bertz CT molecular complexity index is 1810. The lowest BCUT2D eigenvalue weighted by molar-refractivity contribution is 0.215. The van der Waals surface area contributed by atoms with Crippen LogP contribution in [0.1, 0.15) is 25.0 Å². The Hall–Kier alpha value is -4.73. The predicted molar refractivity (Wildman–Crippen MR) is 168 cm³/mol. The maximum atomic E-state index is 12.8. The van der Waals surface area contributed by atoms with Gasteiger partial charge in [-0.3, -0.25) is 9.87 Å². The second kappa shape index (κ2) is 11.3. The first-order valence-electron chi connectivity index (χ1n) is 13.3. The number of hydrogen-bond acceptors (Lipinski definition) is 5. The highest BCUT2D eigenvalue weighted by Gasteiger charge is 2.46. The van der Waals surface area contributed by atoms with E-state index < -0.39 is 21.6 Å². The number of hydrogen-bond donors (Lipinski definition) is 2. The summed E-state index contributed by atoms with van der Waals surface area (Å²) in [5.41, 5.74) is 4.83. The van der Waals surface area contributed by atoms with E-state index in [1.807, 2.05) is 106 Å². The third-order valence-corrected chi connectivity index (χ3v) is 8.08. The maximum absolute atomic E-state index is 12.8. The molecule has 4 aromatic carbocycles. The number of amides is 1. The number of anilines is 2. The summed E-state index contributed by atoms with van der Waals surface area (Å²) in [6.07, 6.45) is 3.22. The van der Waals surface area contributed by atoms with E-state index in [1.165, 1.54) is 12.1 Å². The van der Waals surface area contributed by atoms with Gasteiger partial charge in [0.25, 0.3) is 10.1 Å². The summed E-state index contributed by atoms with van der Waals surface area (Å²) in [5, 5.41) is 2.75. The Morgan fingerprint density at radius 2 is 1.57 bits per heavy atom. The summed E-state index contributed by atoms with van der Waals surface area (Å²) in [6, 6.07) is 29.1. The molecule has 1 aliphatic rings. The van der Waals surface area contributed by atoms with Crippen molar-refractivity contribution in [3.63, 3.8) is 0 Å². The van der Waals surface area contributed by atoms with Gasteiger partial charge in [-0.15, -0.1) is 0 Å². The highest BCUT2D eigenvalue weighted by atomic mass is 32.2. The number of fused-ring (bicyclic) bond motifs is 1. The summed E-state index contributed by atoms with van der Waals surface area (Å²) >= 11 is 0. The van der Waals surface area contributed by atoms with Gasteiger partial charge in [-0.1, -0.05) is 36.4 Å².